The molecule has 0 aliphatic rings. The van der Waals surface area contributed by atoms with Crippen molar-refractivity contribution >= 4 is 10.9 Å². The van der Waals surface area contributed by atoms with Crippen molar-refractivity contribution in [3.63, 3.8) is 0 Å². The Balaban J connectivity index is 1.93. The van der Waals surface area contributed by atoms with E-state index >= 15 is 0 Å². The van der Waals surface area contributed by atoms with E-state index in [-0.39, 0.29) is 0 Å². The second kappa shape index (κ2) is 4.27. The van der Waals surface area contributed by atoms with Gasteiger partial charge in [0, 0.05) is 11.1 Å². The van der Waals surface area contributed by atoms with Crippen LogP contribution in [0.2, 0.25) is 0 Å². The summed E-state index contributed by atoms with van der Waals surface area (Å²) in [5.41, 5.74) is 2.66. The van der Waals surface area contributed by atoms with Crippen LogP contribution in [0.5, 0.6) is 0 Å². The maximum atomic E-state index is 5.46. The molecular formula is C14H9N5O. The van der Waals surface area contributed by atoms with Gasteiger partial charge in [-0.15, -0.1) is 10.2 Å². The number of aromatic nitrogens is 5. The highest BCUT2D eigenvalue weighted by atomic mass is 16.5. The van der Waals surface area contributed by atoms with Crippen molar-refractivity contribution in [1.29, 1.82) is 0 Å². The van der Waals surface area contributed by atoms with Crippen LogP contribution in [0.1, 0.15) is 0 Å². The summed E-state index contributed by atoms with van der Waals surface area (Å²) in [6, 6.07) is 15.6. The maximum absolute atomic E-state index is 5.46. The number of fused-ring (bicyclic) bond motifs is 1. The van der Waals surface area contributed by atoms with Crippen molar-refractivity contribution < 1.29 is 4.52 Å². The SMILES string of the molecule is c1ccc(-c2onc3ccc(-c4nn[nH]n4)cc23)cc1. The molecule has 0 atom stereocenters. The molecule has 0 spiro atoms. The highest BCUT2D eigenvalue weighted by Gasteiger charge is 2.12. The Morgan fingerprint density at radius 2 is 1.85 bits per heavy atom. The van der Waals surface area contributed by atoms with E-state index in [1.807, 2.05) is 48.5 Å². The van der Waals surface area contributed by atoms with E-state index in [9.17, 15) is 0 Å². The molecule has 0 radical (unpaired) electrons. The average molecular weight is 263 g/mol. The van der Waals surface area contributed by atoms with Crippen LogP contribution >= 0.6 is 0 Å². The van der Waals surface area contributed by atoms with Crippen LogP contribution in [0.15, 0.2) is 53.1 Å². The monoisotopic (exact) mass is 263 g/mol. The van der Waals surface area contributed by atoms with Crippen molar-refractivity contribution in [1.82, 2.24) is 25.8 Å². The molecule has 4 aromatic rings. The zero-order valence-corrected chi connectivity index (χ0v) is 10.3. The number of nitrogens with zero attached hydrogens (tertiary/aromatic N) is 4. The molecule has 4 rings (SSSR count). The first-order chi connectivity index (χ1) is 9.92. The Morgan fingerprint density at radius 1 is 0.950 bits per heavy atom. The van der Waals surface area contributed by atoms with E-state index in [1.54, 1.807) is 0 Å². The minimum Gasteiger partial charge on any atom is -0.355 e. The predicted octanol–water partition coefficient (Wildman–Crippen LogP) is 2.67. The van der Waals surface area contributed by atoms with E-state index in [0.717, 1.165) is 27.8 Å². The van der Waals surface area contributed by atoms with Gasteiger partial charge in [-0.2, -0.15) is 5.21 Å². The molecule has 0 aliphatic carbocycles. The van der Waals surface area contributed by atoms with Crippen LogP contribution in [0.25, 0.3) is 33.6 Å². The quantitative estimate of drug-likeness (QED) is 0.601. The minimum atomic E-state index is 0.548. The topological polar surface area (TPSA) is 80.5 Å². The Morgan fingerprint density at radius 3 is 2.65 bits per heavy atom. The molecule has 0 saturated heterocycles. The lowest BCUT2D eigenvalue weighted by molar-refractivity contribution is 0.441. The number of hydrogen-bond acceptors (Lipinski definition) is 5. The van der Waals surface area contributed by atoms with Crippen LogP contribution in [0.3, 0.4) is 0 Å². The molecule has 0 fully saturated rings. The fraction of sp³-hybridized carbons (Fsp3) is 0. The van der Waals surface area contributed by atoms with Gasteiger partial charge in [0.25, 0.3) is 0 Å². The van der Waals surface area contributed by atoms with Crippen molar-refractivity contribution in [3.05, 3.63) is 48.5 Å². The normalized spacial score (nSPS) is 11.0. The zero-order valence-electron chi connectivity index (χ0n) is 10.3. The van der Waals surface area contributed by atoms with Gasteiger partial charge in [0.1, 0.15) is 5.52 Å². The molecule has 2 aromatic carbocycles. The third-order valence-corrected chi connectivity index (χ3v) is 3.12. The fourth-order valence-corrected chi connectivity index (χ4v) is 2.16. The largest absolute Gasteiger partial charge is 0.355 e. The van der Waals surface area contributed by atoms with Gasteiger partial charge in [-0.3, -0.25) is 0 Å². The van der Waals surface area contributed by atoms with Crippen molar-refractivity contribution in [2.24, 2.45) is 0 Å². The summed E-state index contributed by atoms with van der Waals surface area (Å²) in [5.74, 6) is 1.29. The lowest BCUT2D eigenvalue weighted by Crippen LogP contribution is -1.81. The number of nitrogens with one attached hydrogen (secondary N) is 1. The number of H-pyrrole nitrogens is 1. The van der Waals surface area contributed by atoms with Crippen molar-refractivity contribution in [2.45, 2.75) is 0 Å². The summed E-state index contributed by atoms with van der Waals surface area (Å²) in [5, 5.41) is 19.0. The number of rotatable bonds is 2. The van der Waals surface area contributed by atoms with Gasteiger partial charge in [-0.1, -0.05) is 35.5 Å². The molecule has 0 bridgehead atoms. The Kier molecular flexibility index (Phi) is 2.32. The van der Waals surface area contributed by atoms with E-state index in [0.29, 0.717) is 5.82 Å². The van der Waals surface area contributed by atoms with Gasteiger partial charge < -0.3 is 4.52 Å². The average Bonchev–Trinajstić information content (AvgIpc) is 3.17. The summed E-state index contributed by atoms with van der Waals surface area (Å²) in [7, 11) is 0. The van der Waals surface area contributed by atoms with Gasteiger partial charge in [0.05, 0.1) is 5.39 Å². The fourth-order valence-electron chi connectivity index (χ4n) is 2.16. The third-order valence-electron chi connectivity index (χ3n) is 3.12. The van der Waals surface area contributed by atoms with Gasteiger partial charge in [0.2, 0.25) is 5.82 Å². The molecule has 6 heteroatoms. The number of benzene rings is 2. The van der Waals surface area contributed by atoms with Crippen molar-refractivity contribution in [3.8, 4) is 22.7 Å². The summed E-state index contributed by atoms with van der Waals surface area (Å²) < 4.78 is 5.46. The van der Waals surface area contributed by atoms with Crippen LogP contribution in [-0.2, 0) is 0 Å². The number of tetrazole rings is 1. The maximum Gasteiger partial charge on any atom is 0.204 e. The smallest absolute Gasteiger partial charge is 0.204 e. The summed E-state index contributed by atoms with van der Waals surface area (Å²) in [6.45, 7) is 0. The van der Waals surface area contributed by atoms with Gasteiger partial charge in [-0.05, 0) is 23.4 Å². The third kappa shape index (κ3) is 1.66. The molecule has 20 heavy (non-hydrogen) atoms. The Bertz CT molecular complexity index is 852. The standard InChI is InChI=1S/C14H9N5O/c1-2-4-9(5-3-1)13-11-8-10(14-15-18-19-16-14)6-7-12(11)17-20-13/h1-8H,(H,15,16,18,19). The van der Waals surface area contributed by atoms with E-state index in [4.69, 9.17) is 4.52 Å². The second-order valence-corrected chi connectivity index (χ2v) is 4.35. The molecule has 96 valence electrons. The van der Waals surface area contributed by atoms with Gasteiger partial charge >= 0.3 is 0 Å². The molecule has 0 saturated carbocycles. The predicted molar refractivity (Wildman–Crippen MR) is 72.6 cm³/mol. The molecule has 1 N–H and O–H groups in total. The first-order valence-electron chi connectivity index (χ1n) is 6.10. The van der Waals surface area contributed by atoms with Crippen LogP contribution < -0.4 is 0 Å². The summed E-state index contributed by atoms with van der Waals surface area (Å²) in [4.78, 5) is 0. The highest BCUT2D eigenvalue weighted by Crippen LogP contribution is 2.30. The van der Waals surface area contributed by atoms with Crippen LogP contribution in [-0.4, -0.2) is 25.8 Å². The van der Waals surface area contributed by atoms with E-state index in [1.165, 1.54) is 0 Å². The molecule has 0 unspecified atom stereocenters. The molecule has 6 nitrogen and oxygen atoms in total. The molecule has 0 amide bonds. The van der Waals surface area contributed by atoms with Gasteiger partial charge in [-0.25, -0.2) is 0 Å². The first-order valence-corrected chi connectivity index (χ1v) is 6.10. The minimum absolute atomic E-state index is 0.548. The van der Waals surface area contributed by atoms with Crippen LogP contribution in [0.4, 0.5) is 0 Å². The summed E-state index contributed by atoms with van der Waals surface area (Å²) in [6.07, 6.45) is 0. The lowest BCUT2D eigenvalue weighted by atomic mass is 10.1. The molecule has 2 aromatic heterocycles. The number of hydrogen-bond donors (Lipinski definition) is 1. The van der Waals surface area contributed by atoms with Crippen molar-refractivity contribution in [2.75, 3.05) is 0 Å². The zero-order chi connectivity index (χ0) is 13.4. The number of aromatic amines is 1. The van der Waals surface area contributed by atoms with E-state index in [2.05, 4.69) is 25.8 Å². The van der Waals surface area contributed by atoms with E-state index < -0.39 is 0 Å². The first kappa shape index (κ1) is 10.9. The van der Waals surface area contributed by atoms with Crippen LogP contribution in [0, 0.1) is 0 Å². The highest BCUT2D eigenvalue weighted by molar-refractivity contribution is 5.93. The lowest BCUT2D eigenvalue weighted by Gasteiger charge is -1.97. The molecule has 2 heterocycles. The molecule has 0 aliphatic heterocycles. The summed E-state index contributed by atoms with van der Waals surface area (Å²) >= 11 is 0. The Hall–Kier alpha value is -3.02. The second-order valence-electron chi connectivity index (χ2n) is 4.35. The Labute approximate surface area is 113 Å². The molecular weight excluding hydrogens is 254 g/mol. The van der Waals surface area contributed by atoms with Gasteiger partial charge in [0.15, 0.2) is 5.76 Å².